The summed E-state index contributed by atoms with van der Waals surface area (Å²) in [5.41, 5.74) is 0.504. The van der Waals surface area contributed by atoms with Crippen LogP contribution in [-0.2, 0) is 20.4 Å². The summed E-state index contributed by atoms with van der Waals surface area (Å²) in [6.07, 6.45) is 5.97. The fraction of sp³-hybridized carbons (Fsp3) is 0.632. The topological polar surface area (TPSA) is 72.9 Å². The third-order valence-electron chi connectivity index (χ3n) is 4.80. The van der Waals surface area contributed by atoms with Gasteiger partial charge in [0.05, 0.1) is 24.0 Å². The molecule has 1 saturated heterocycles. The first-order valence-electron chi connectivity index (χ1n) is 9.51. The Labute approximate surface area is 165 Å². The van der Waals surface area contributed by atoms with E-state index in [0.29, 0.717) is 48.4 Å². The summed E-state index contributed by atoms with van der Waals surface area (Å²) in [6.45, 7) is 2.29. The first kappa shape index (κ1) is 20.3. The number of likely N-dealkylation sites (tertiary alicyclic amines) is 1. The molecule has 27 heavy (non-hydrogen) atoms. The van der Waals surface area contributed by atoms with E-state index in [-0.39, 0.29) is 11.7 Å². The number of hydrogen-bond donors (Lipinski definition) is 0. The molecule has 0 saturated carbocycles. The smallest absolute Gasteiger partial charge is 0.237 e. The quantitative estimate of drug-likeness (QED) is 0.754. The first-order valence-corrected chi connectivity index (χ1v) is 11.7. The van der Waals surface area contributed by atoms with Crippen molar-refractivity contribution in [1.29, 1.82) is 0 Å². The van der Waals surface area contributed by atoms with Gasteiger partial charge in [0.25, 0.3) is 0 Å². The summed E-state index contributed by atoms with van der Waals surface area (Å²) in [5, 5.41) is 0.328. The van der Waals surface area contributed by atoms with Crippen molar-refractivity contribution in [1.82, 2.24) is 4.90 Å². The Morgan fingerprint density at radius 3 is 2.41 bits per heavy atom. The number of sulfone groups is 1. The zero-order chi connectivity index (χ0) is 19.3. The van der Waals surface area contributed by atoms with Gasteiger partial charge in [0.1, 0.15) is 5.75 Å². The molecule has 1 aromatic rings. The van der Waals surface area contributed by atoms with Crippen molar-refractivity contribution >= 4 is 27.3 Å². The monoisotopic (exact) mass is 415 g/mol. The van der Waals surface area contributed by atoms with Gasteiger partial charge in [-0.15, -0.1) is 0 Å². The molecule has 0 unspecified atom stereocenters. The lowest BCUT2D eigenvalue weighted by Gasteiger charge is -2.24. The molecular formula is C19H26ClNO5S. The maximum atomic E-state index is 12.6. The molecule has 0 radical (unpaired) electrons. The van der Waals surface area contributed by atoms with E-state index in [1.54, 1.807) is 17.0 Å². The summed E-state index contributed by atoms with van der Waals surface area (Å²) in [4.78, 5) is 14.2. The minimum absolute atomic E-state index is 0.247. The summed E-state index contributed by atoms with van der Waals surface area (Å²) >= 11 is 6.23. The van der Waals surface area contributed by atoms with E-state index in [1.165, 1.54) is 6.42 Å². The number of nitrogens with zero attached hydrogens (tertiary/aromatic N) is 1. The number of carbonyl (C=O) groups is 1. The highest BCUT2D eigenvalue weighted by Gasteiger charge is 2.24. The molecular weight excluding hydrogens is 390 g/mol. The van der Waals surface area contributed by atoms with Crippen molar-refractivity contribution in [3.05, 3.63) is 22.7 Å². The average Bonchev–Trinajstić information content (AvgIpc) is 2.79. The van der Waals surface area contributed by atoms with Crippen LogP contribution in [0.2, 0.25) is 5.02 Å². The number of rotatable bonds is 4. The predicted molar refractivity (Wildman–Crippen MR) is 104 cm³/mol. The van der Waals surface area contributed by atoms with E-state index in [1.807, 2.05) is 0 Å². The molecule has 150 valence electrons. The molecule has 0 atom stereocenters. The third-order valence-corrected chi connectivity index (χ3v) is 6.54. The van der Waals surface area contributed by atoms with Crippen LogP contribution in [0.3, 0.4) is 0 Å². The van der Waals surface area contributed by atoms with Gasteiger partial charge >= 0.3 is 0 Å². The van der Waals surface area contributed by atoms with Gasteiger partial charge in [-0.2, -0.15) is 0 Å². The fourth-order valence-corrected chi connectivity index (χ4v) is 5.07. The maximum absolute atomic E-state index is 12.6. The Hall–Kier alpha value is -1.47. The number of fused-ring (bicyclic) bond motifs is 1. The zero-order valence-electron chi connectivity index (χ0n) is 15.4. The largest absolute Gasteiger partial charge is 0.489 e. The normalized spacial score (nSPS) is 18.3. The van der Waals surface area contributed by atoms with Crippen LogP contribution >= 0.6 is 11.6 Å². The molecule has 0 bridgehead atoms. The van der Waals surface area contributed by atoms with Gasteiger partial charge in [0, 0.05) is 19.5 Å². The van der Waals surface area contributed by atoms with Crippen molar-refractivity contribution in [2.75, 3.05) is 32.1 Å². The van der Waals surface area contributed by atoms with Gasteiger partial charge in [-0.25, -0.2) is 8.42 Å². The van der Waals surface area contributed by atoms with E-state index < -0.39 is 15.6 Å². The van der Waals surface area contributed by atoms with E-state index in [2.05, 4.69) is 0 Å². The highest BCUT2D eigenvalue weighted by molar-refractivity contribution is 7.91. The molecule has 2 aliphatic heterocycles. The fourth-order valence-electron chi connectivity index (χ4n) is 3.45. The van der Waals surface area contributed by atoms with Gasteiger partial charge in [-0.05, 0) is 30.5 Å². The SMILES string of the molecule is O=C(CS(=O)(=O)Cc1cc(Cl)c2c(c1)OCCCO2)N1CCCCCCC1. The predicted octanol–water partition coefficient (Wildman–Crippen LogP) is 3.21. The molecule has 2 heterocycles. The van der Waals surface area contributed by atoms with Crippen LogP contribution in [0.25, 0.3) is 0 Å². The zero-order valence-corrected chi connectivity index (χ0v) is 17.0. The Kier molecular flexibility index (Phi) is 6.87. The molecule has 1 aromatic carbocycles. The summed E-state index contributed by atoms with van der Waals surface area (Å²) < 4.78 is 36.4. The van der Waals surface area contributed by atoms with Crippen molar-refractivity contribution in [2.24, 2.45) is 0 Å². The van der Waals surface area contributed by atoms with Crippen molar-refractivity contribution in [3.63, 3.8) is 0 Å². The molecule has 6 nitrogen and oxygen atoms in total. The van der Waals surface area contributed by atoms with Gasteiger partial charge in [0.2, 0.25) is 5.91 Å². The Balaban J connectivity index is 1.68. The first-order chi connectivity index (χ1) is 12.9. The molecule has 0 spiro atoms. The molecule has 1 fully saturated rings. The highest BCUT2D eigenvalue weighted by atomic mass is 35.5. The van der Waals surface area contributed by atoms with Crippen molar-refractivity contribution in [3.8, 4) is 11.5 Å². The standard InChI is InChI=1S/C19H26ClNO5S/c20-16-11-15(12-17-19(16)26-10-6-9-25-17)13-27(23,24)14-18(22)21-7-4-2-1-3-5-8-21/h11-12H,1-10,13-14H2. The lowest BCUT2D eigenvalue weighted by Crippen LogP contribution is -2.38. The Morgan fingerprint density at radius 1 is 1.00 bits per heavy atom. The maximum Gasteiger partial charge on any atom is 0.237 e. The van der Waals surface area contributed by atoms with E-state index in [4.69, 9.17) is 21.1 Å². The van der Waals surface area contributed by atoms with Crippen LogP contribution in [-0.4, -0.2) is 51.3 Å². The third kappa shape index (κ3) is 5.75. The van der Waals surface area contributed by atoms with Crippen LogP contribution in [0.15, 0.2) is 12.1 Å². The van der Waals surface area contributed by atoms with Gasteiger partial charge in [-0.1, -0.05) is 30.9 Å². The molecule has 0 aromatic heterocycles. The lowest BCUT2D eigenvalue weighted by molar-refractivity contribution is -0.128. The van der Waals surface area contributed by atoms with Crippen LogP contribution in [0, 0.1) is 0 Å². The summed E-state index contributed by atoms with van der Waals surface area (Å²) in [5.74, 6) is -0.119. The second-order valence-electron chi connectivity index (χ2n) is 7.14. The number of amides is 1. The number of carbonyl (C=O) groups excluding carboxylic acids is 1. The van der Waals surface area contributed by atoms with Crippen LogP contribution in [0.1, 0.15) is 44.1 Å². The molecule has 8 heteroatoms. The lowest BCUT2D eigenvalue weighted by atomic mass is 10.1. The van der Waals surface area contributed by atoms with Crippen molar-refractivity contribution in [2.45, 2.75) is 44.3 Å². The second kappa shape index (κ2) is 9.15. The van der Waals surface area contributed by atoms with E-state index >= 15 is 0 Å². The van der Waals surface area contributed by atoms with Gasteiger partial charge in [-0.3, -0.25) is 4.79 Å². The summed E-state index contributed by atoms with van der Waals surface area (Å²) in [6, 6.07) is 3.22. The van der Waals surface area contributed by atoms with E-state index in [0.717, 1.165) is 32.1 Å². The number of halogens is 1. The molecule has 1 amide bonds. The van der Waals surface area contributed by atoms with Crippen LogP contribution < -0.4 is 9.47 Å². The number of benzene rings is 1. The number of ether oxygens (including phenoxy) is 2. The van der Waals surface area contributed by atoms with Crippen LogP contribution in [0.4, 0.5) is 0 Å². The summed E-state index contributed by atoms with van der Waals surface area (Å²) in [7, 11) is -3.60. The van der Waals surface area contributed by atoms with Gasteiger partial charge < -0.3 is 14.4 Å². The highest BCUT2D eigenvalue weighted by Crippen LogP contribution is 2.38. The minimum Gasteiger partial charge on any atom is -0.489 e. The van der Waals surface area contributed by atoms with Gasteiger partial charge in [0.15, 0.2) is 21.3 Å². The Morgan fingerprint density at radius 2 is 1.67 bits per heavy atom. The molecule has 2 aliphatic rings. The minimum atomic E-state index is -3.60. The average molecular weight is 416 g/mol. The van der Waals surface area contributed by atoms with Crippen molar-refractivity contribution < 1.29 is 22.7 Å². The molecule has 0 N–H and O–H groups in total. The number of hydrogen-bond acceptors (Lipinski definition) is 5. The Bertz CT molecular complexity index is 773. The van der Waals surface area contributed by atoms with E-state index in [9.17, 15) is 13.2 Å². The second-order valence-corrected chi connectivity index (χ2v) is 9.61. The molecule has 3 rings (SSSR count). The molecule has 0 aliphatic carbocycles. The van der Waals surface area contributed by atoms with Crippen LogP contribution in [0.5, 0.6) is 11.5 Å².